The number of carboxylic acid groups (broad SMARTS) is 1. The number of hydrogen-bond acceptors (Lipinski definition) is 16. The van der Waals surface area contributed by atoms with Gasteiger partial charge in [0.1, 0.15) is 5.60 Å². The molecule has 1 saturated heterocycles. The first-order chi connectivity index (χ1) is 31.8. The highest BCUT2D eigenvalue weighted by molar-refractivity contribution is 6.91. The van der Waals surface area contributed by atoms with Gasteiger partial charge in [0.15, 0.2) is 49.9 Å². The van der Waals surface area contributed by atoms with Gasteiger partial charge >= 0.3 is 53.4 Å². The largest absolute Gasteiger partial charge is 0.481 e. The van der Waals surface area contributed by atoms with Gasteiger partial charge in [-0.25, -0.2) is 0 Å². The number of hydrogen-bond donors (Lipinski definition) is 1. The molecule has 25 heteroatoms. The SMILES string of the molecule is COC(=O)C(CC(C)(C)C(=O)OCCC[Si](O[Si](C)(C)C)(O[Si](C)(C)C)O[Si](C)(C)C)C(C(=O)O)C(CC(C)(CC1C(=O)OC(=O)C1C)C(=O)OC(C)(C)C)C[Si](O[Si](C)(C)C)(O[Si](C)(C)C)O[Si](C)(C)C. The zero-order valence-electron chi connectivity index (χ0n) is 49.3. The molecule has 0 bridgehead atoms. The fourth-order valence-corrected chi connectivity index (χ4v) is 38.4. The molecule has 1 heterocycles. The van der Waals surface area contributed by atoms with Crippen LogP contribution < -0.4 is 0 Å². The van der Waals surface area contributed by atoms with Crippen molar-refractivity contribution in [3.8, 4) is 0 Å². The first-order valence-corrected chi connectivity index (χ1v) is 49.8. The molecule has 1 N–H and O–H groups in total. The maximum absolute atomic E-state index is 14.8. The van der Waals surface area contributed by atoms with Crippen LogP contribution in [0, 0.1) is 40.4 Å². The lowest BCUT2D eigenvalue weighted by molar-refractivity contribution is -0.172. The molecule has 1 aliphatic rings. The number of carboxylic acids is 1. The molecule has 6 unspecified atom stereocenters. The van der Waals surface area contributed by atoms with Crippen LogP contribution in [0.25, 0.3) is 0 Å². The Bertz CT molecular complexity index is 1800. The van der Waals surface area contributed by atoms with Gasteiger partial charge in [0.25, 0.3) is 0 Å². The van der Waals surface area contributed by atoms with Crippen molar-refractivity contribution in [2.75, 3.05) is 13.7 Å². The molecule has 1 fully saturated rings. The summed E-state index contributed by atoms with van der Waals surface area (Å²) >= 11 is 0. The molecule has 72 heavy (non-hydrogen) atoms. The van der Waals surface area contributed by atoms with E-state index in [4.69, 9.17) is 43.6 Å². The molecule has 6 atom stereocenters. The summed E-state index contributed by atoms with van der Waals surface area (Å²) in [6.07, 6.45) is -0.505. The zero-order valence-corrected chi connectivity index (χ0v) is 57.3. The molecule has 0 aromatic carbocycles. The van der Waals surface area contributed by atoms with Crippen LogP contribution in [0.5, 0.6) is 0 Å². The molecule has 0 aromatic heterocycles. The highest BCUT2D eigenvalue weighted by atomic mass is 28.5. The summed E-state index contributed by atoms with van der Waals surface area (Å²) < 4.78 is 64.3. The predicted molar refractivity (Wildman–Crippen MR) is 299 cm³/mol. The average Bonchev–Trinajstić information content (AvgIpc) is 3.32. The lowest BCUT2D eigenvalue weighted by Crippen LogP contribution is -2.62. The van der Waals surface area contributed by atoms with Crippen molar-refractivity contribution in [3.05, 3.63) is 0 Å². The first-order valence-electron chi connectivity index (χ1n) is 25.5. The lowest BCUT2D eigenvalue weighted by Gasteiger charge is -2.46. The minimum Gasteiger partial charge on any atom is -0.481 e. The van der Waals surface area contributed by atoms with Gasteiger partial charge in [-0.15, -0.1) is 0 Å². The molecule has 0 spiro atoms. The van der Waals surface area contributed by atoms with Crippen LogP contribution in [0.4, 0.5) is 0 Å². The summed E-state index contributed by atoms with van der Waals surface area (Å²) in [5, 5.41) is 11.6. The topological polar surface area (TPSA) is 215 Å². The zero-order chi connectivity index (χ0) is 56.9. The highest BCUT2D eigenvalue weighted by Crippen LogP contribution is 2.48. The van der Waals surface area contributed by atoms with Crippen LogP contribution >= 0.6 is 0 Å². The van der Waals surface area contributed by atoms with Gasteiger partial charge in [-0.05, 0) is 191 Å². The Balaban J connectivity index is 4.21. The van der Waals surface area contributed by atoms with Crippen LogP contribution in [0.3, 0.4) is 0 Å². The predicted octanol–water partition coefficient (Wildman–Crippen LogP) is 10.9. The molecule has 0 aromatic rings. The van der Waals surface area contributed by atoms with Gasteiger partial charge in [-0.3, -0.25) is 28.8 Å². The van der Waals surface area contributed by atoms with E-state index in [1.54, 1.807) is 48.5 Å². The molecular weight excluding hydrogens is 1060 g/mol. The number of aliphatic carboxylic acids is 1. The van der Waals surface area contributed by atoms with E-state index in [0.717, 1.165) is 7.11 Å². The van der Waals surface area contributed by atoms with Gasteiger partial charge in [0, 0.05) is 12.1 Å². The summed E-state index contributed by atoms with van der Waals surface area (Å²) in [5.74, 6) is -11.6. The third-order valence-electron chi connectivity index (χ3n) is 10.9. The third kappa shape index (κ3) is 24.2. The molecular formula is C47H98O17Si8. The Hall–Kier alpha value is -1.48. The quantitative estimate of drug-likeness (QED) is 0.0233. The first kappa shape index (κ1) is 68.5. The number of esters is 5. The molecule has 1 aliphatic heterocycles. The van der Waals surface area contributed by atoms with Gasteiger partial charge in [-0.2, -0.15) is 0 Å². The Kier molecular flexibility index (Phi) is 23.7. The Morgan fingerprint density at radius 2 is 1.01 bits per heavy atom. The van der Waals surface area contributed by atoms with E-state index in [-0.39, 0.29) is 31.9 Å². The summed E-state index contributed by atoms with van der Waals surface area (Å²) in [6.45, 7) is 48.1. The van der Waals surface area contributed by atoms with Crippen molar-refractivity contribution in [2.24, 2.45) is 40.4 Å². The van der Waals surface area contributed by atoms with Crippen LogP contribution in [-0.4, -0.2) is 128 Å². The maximum Gasteiger partial charge on any atom is 0.469 e. The Morgan fingerprint density at radius 1 is 0.611 bits per heavy atom. The van der Waals surface area contributed by atoms with Crippen molar-refractivity contribution in [3.63, 3.8) is 0 Å². The highest BCUT2D eigenvalue weighted by Gasteiger charge is 2.58. The maximum atomic E-state index is 14.8. The van der Waals surface area contributed by atoms with Gasteiger partial charge in [0.2, 0.25) is 0 Å². The van der Waals surface area contributed by atoms with E-state index in [2.05, 4.69) is 58.9 Å². The molecule has 0 radical (unpaired) electrons. The van der Waals surface area contributed by atoms with Crippen molar-refractivity contribution in [1.82, 2.24) is 0 Å². The van der Waals surface area contributed by atoms with Crippen LogP contribution in [0.1, 0.15) is 74.1 Å². The van der Waals surface area contributed by atoms with E-state index >= 15 is 0 Å². The van der Waals surface area contributed by atoms with Gasteiger partial charge in [0.05, 0.1) is 48.2 Å². The van der Waals surface area contributed by atoms with E-state index in [0.29, 0.717) is 12.5 Å². The standard InChI is InChI=1S/C47H98O17Si8/c1-34-36(42(52)57-40(34)50)32-47(7,44(54)58-45(2,3)4)30-35(33-72(62-68(18,19)20,63-69(21,22)23)64-70(24,25)26)38(39(48)49)37(41(51)55-8)31-46(5,6)43(53)56-28-27-29-71(59-65(9,10)11,60-66(12,13)14)61-67(15,16)17/h34-38H,27-33H2,1-26H3,(H,48,49). The minimum atomic E-state index is -4.03. The number of carbonyl (C=O) groups excluding carboxylic acids is 5. The van der Waals surface area contributed by atoms with Crippen molar-refractivity contribution >= 4 is 103 Å². The van der Waals surface area contributed by atoms with E-state index in [1.165, 1.54) is 0 Å². The number of cyclic esters (lactones) is 2. The molecule has 0 saturated carbocycles. The van der Waals surface area contributed by atoms with E-state index in [9.17, 15) is 33.9 Å². The Labute approximate surface area is 442 Å². The molecule has 420 valence electrons. The van der Waals surface area contributed by atoms with Crippen molar-refractivity contribution in [1.29, 1.82) is 0 Å². The molecule has 0 aliphatic carbocycles. The second kappa shape index (κ2) is 24.9. The third-order valence-corrected chi connectivity index (χ3v) is 35.1. The van der Waals surface area contributed by atoms with Gasteiger partial charge in [-0.1, -0.05) is 6.92 Å². The fraction of sp³-hybridized carbons (Fsp3) is 0.872. The molecule has 17 nitrogen and oxygen atoms in total. The smallest absolute Gasteiger partial charge is 0.469 e. The normalized spacial score (nSPS) is 19.2. The summed E-state index contributed by atoms with van der Waals surface area (Å²) in [7, 11) is -20.5. The number of carbonyl (C=O) groups is 6. The van der Waals surface area contributed by atoms with Crippen LogP contribution in [-0.2, 0) is 72.4 Å². The van der Waals surface area contributed by atoms with Crippen LogP contribution in [0.2, 0.25) is 130 Å². The minimum absolute atomic E-state index is 0.0208. The fourth-order valence-electron chi connectivity index (χ4n) is 8.95. The van der Waals surface area contributed by atoms with Crippen LogP contribution in [0.15, 0.2) is 0 Å². The summed E-state index contributed by atoms with van der Waals surface area (Å²) in [6, 6.07) is 0.256. The monoisotopic (exact) mass is 1160 g/mol. The second-order valence-corrected chi connectivity index (χ2v) is 61.4. The summed E-state index contributed by atoms with van der Waals surface area (Å²) in [4.78, 5) is 84.0. The Morgan fingerprint density at radius 3 is 1.35 bits per heavy atom. The second-order valence-electron chi connectivity index (χ2n) is 27.5. The average molecular weight is 1160 g/mol. The van der Waals surface area contributed by atoms with E-state index < -0.39 is 149 Å². The molecule has 1 rings (SSSR count). The number of rotatable bonds is 30. The van der Waals surface area contributed by atoms with Crippen molar-refractivity contribution < 1.29 is 77.5 Å². The van der Waals surface area contributed by atoms with E-state index in [1.807, 2.05) is 58.9 Å². The summed E-state index contributed by atoms with van der Waals surface area (Å²) in [5.41, 5.74) is -4.16. The number of methoxy groups -OCH3 is 1. The van der Waals surface area contributed by atoms with Crippen molar-refractivity contribution in [2.45, 2.75) is 210 Å². The lowest BCUT2D eigenvalue weighted by atomic mass is 9.66. The molecule has 0 amide bonds. The van der Waals surface area contributed by atoms with Gasteiger partial charge < -0.3 is 48.7 Å². The number of ether oxygens (including phenoxy) is 4.